The van der Waals surface area contributed by atoms with Crippen LogP contribution in [0.2, 0.25) is 3.12 Å². The number of rotatable bonds is 4. The van der Waals surface area contributed by atoms with Gasteiger partial charge in [-0.3, -0.25) is 0 Å². The molecule has 30 heavy (non-hydrogen) atoms. The largest absolute Gasteiger partial charge is 1.00 e. The van der Waals surface area contributed by atoms with Crippen molar-refractivity contribution in [1.29, 1.82) is 0 Å². The van der Waals surface area contributed by atoms with Crippen LogP contribution in [0.1, 0.15) is 62.7 Å². The molecule has 0 saturated carbocycles. The molecule has 0 radical (unpaired) electrons. The Bertz CT molecular complexity index is 1000. The molecule has 0 aliphatic heterocycles. The molecule has 2 aromatic rings. The van der Waals surface area contributed by atoms with Crippen molar-refractivity contribution in [2.45, 2.75) is 54.7 Å². The van der Waals surface area contributed by atoms with E-state index in [1.165, 1.54) is 23.1 Å². The maximum Gasteiger partial charge on any atom is -1.00 e. The first-order chi connectivity index (χ1) is 13.4. The van der Waals surface area contributed by atoms with Crippen LogP contribution in [0.15, 0.2) is 76.4 Å². The first-order valence-corrected chi connectivity index (χ1v) is 13.1. The second kappa shape index (κ2) is 9.73. The number of fused-ring (bicyclic) bond motifs is 1. The van der Waals surface area contributed by atoms with E-state index >= 15 is 0 Å². The second-order valence-electron chi connectivity index (χ2n) is 8.40. The summed E-state index contributed by atoms with van der Waals surface area (Å²) in [5.74, 6) is 0. The molecule has 4 rings (SSSR count). The summed E-state index contributed by atoms with van der Waals surface area (Å²) in [6.07, 6.45) is 3.74. The Labute approximate surface area is 206 Å². The summed E-state index contributed by atoms with van der Waals surface area (Å²) in [5, 5.41) is 0. The molecule has 156 valence electrons. The Kier molecular flexibility index (Phi) is 8.23. The number of hydrogen-bond donors (Lipinski definition) is 0. The van der Waals surface area contributed by atoms with Gasteiger partial charge in [0.05, 0.1) is 0 Å². The maximum atomic E-state index is 2.49. The van der Waals surface area contributed by atoms with Gasteiger partial charge in [0.15, 0.2) is 0 Å². The van der Waals surface area contributed by atoms with E-state index in [0.717, 1.165) is 0 Å². The summed E-state index contributed by atoms with van der Waals surface area (Å²) in [6.45, 7) is 14.3. The number of hydrogen-bond acceptors (Lipinski definition) is 0. The summed E-state index contributed by atoms with van der Waals surface area (Å²) in [4.78, 5) is 0. The Morgan fingerprint density at radius 1 is 0.800 bits per heavy atom. The molecule has 0 amide bonds. The molecule has 1 unspecified atom stereocenters. The van der Waals surface area contributed by atoms with Gasteiger partial charge in [-0.25, -0.2) is 0 Å². The number of allylic oxidation sites excluding steroid dienone is 5. The molecule has 2 aromatic carbocycles. The van der Waals surface area contributed by atoms with Gasteiger partial charge in [0.25, 0.3) is 0 Å². The van der Waals surface area contributed by atoms with Crippen molar-refractivity contribution >= 4 is 6.08 Å². The molecule has 0 heterocycles. The maximum absolute atomic E-state index is 2.49. The fourth-order valence-electron chi connectivity index (χ4n) is 5.19. The average molecular weight is 517 g/mol. The zero-order valence-electron chi connectivity index (χ0n) is 18.7. The minimum atomic E-state index is -0.800. The van der Waals surface area contributed by atoms with Crippen LogP contribution in [0, 0.1) is 0 Å². The number of benzene rings is 2. The normalized spacial score (nSPS) is 19.0. The van der Waals surface area contributed by atoms with E-state index in [2.05, 4.69) is 96.1 Å². The third-order valence-corrected chi connectivity index (χ3v) is 13.8. The summed E-state index contributed by atoms with van der Waals surface area (Å²) in [5.41, 5.74) is 13.8. The van der Waals surface area contributed by atoms with Gasteiger partial charge in [-0.15, -0.1) is 0 Å². The van der Waals surface area contributed by atoms with Crippen molar-refractivity contribution < 1.29 is 48.0 Å². The minimum Gasteiger partial charge on any atom is -1.00 e. The van der Waals surface area contributed by atoms with E-state index in [4.69, 9.17) is 0 Å². The van der Waals surface area contributed by atoms with E-state index in [-0.39, 0.29) is 24.8 Å². The standard InChI is InChI=1S/C16H13.C11H17.2ClH.Zr/c1-12-10-14-8-5-9-15(16(14)11-12)13-6-3-2-4-7-13;1-6-11-9(4)7(2)8(3)10(11)5;;;/h2-11H,1H3;6H2,1-5H3;2*1H;/q;;;;+2/p-2. The van der Waals surface area contributed by atoms with Crippen LogP contribution in [0.3, 0.4) is 0 Å². The topological polar surface area (TPSA) is 0 Å². The molecular weight excluding hydrogens is 486 g/mol. The molecule has 0 nitrogen and oxygen atoms in total. The first-order valence-electron chi connectivity index (χ1n) is 10.4. The van der Waals surface area contributed by atoms with Gasteiger partial charge in [-0.05, 0) is 0 Å². The van der Waals surface area contributed by atoms with Crippen molar-refractivity contribution in [3.8, 4) is 11.1 Å². The van der Waals surface area contributed by atoms with Gasteiger partial charge in [-0.1, -0.05) is 0 Å². The molecule has 0 N–H and O–H groups in total. The van der Waals surface area contributed by atoms with Crippen LogP contribution in [0.4, 0.5) is 0 Å². The van der Waals surface area contributed by atoms with Gasteiger partial charge in [-0.2, -0.15) is 0 Å². The minimum absolute atomic E-state index is 0. The molecule has 2 aliphatic carbocycles. The van der Waals surface area contributed by atoms with Crippen molar-refractivity contribution in [2.75, 3.05) is 0 Å². The molecule has 0 spiro atoms. The Morgan fingerprint density at radius 2 is 1.40 bits per heavy atom. The van der Waals surface area contributed by atoms with Gasteiger partial charge in [0.1, 0.15) is 0 Å². The number of halogens is 2. The third-order valence-electron chi connectivity index (χ3n) is 7.25. The van der Waals surface area contributed by atoms with Crippen LogP contribution in [-0.4, -0.2) is 0 Å². The van der Waals surface area contributed by atoms with Gasteiger partial charge in [0.2, 0.25) is 0 Å². The SMILES string of the molecule is CC[C]1([Zr+2][CH]2C(C)=Cc3c(-c4ccccc4)cccc32)C(C)=C(C)C(C)=C1C.[Cl-].[Cl-]. The van der Waals surface area contributed by atoms with E-state index < -0.39 is 23.2 Å². The second-order valence-corrected chi connectivity index (χ2v) is 12.6. The Morgan fingerprint density at radius 3 is 1.97 bits per heavy atom. The molecule has 0 bridgehead atoms. The summed E-state index contributed by atoms with van der Waals surface area (Å²) in [6, 6.07) is 17.8. The van der Waals surface area contributed by atoms with Gasteiger partial charge >= 0.3 is 183 Å². The van der Waals surface area contributed by atoms with Gasteiger partial charge in [0, 0.05) is 0 Å². The monoisotopic (exact) mass is 514 g/mol. The zero-order valence-corrected chi connectivity index (χ0v) is 22.7. The zero-order chi connectivity index (χ0) is 20.1. The average Bonchev–Trinajstić information content (AvgIpc) is 3.12. The predicted octanol–water partition coefficient (Wildman–Crippen LogP) is 2.16. The summed E-state index contributed by atoms with van der Waals surface area (Å²) < 4.78 is 1.05. The van der Waals surface area contributed by atoms with Gasteiger partial charge < -0.3 is 24.8 Å². The molecule has 2 aliphatic rings. The smallest absolute Gasteiger partial charge is 1.00 e. The van der Waals surface area contributed by atoms with Crippen molar-refractivity contribution in [3.63, 3.8) is 0 Å². The van der Waals surface area contributed by atoms with Crippen LogP contribution >= 0.6 is 0 Å². The van der Waals surface area contributed by atoms with Crippen LogP contribution in [-0.2, 0) is 23.2 Å². The van der Waals surface area contributed by atoms with E-state index in [1.807, 2.05) is 0 Å². The fourth-order valence-corrected chi connectivity index (χ4v) is 10.7. The Balaban J connectivity index is 0.00000160. The molecule has 3 heteroatoms. The van der Waals surface area contributed by atoms with Crippen molar-refractivity contribution in [1.82, 2.24) is 0 Å². The van der Waals surface area contributed by atoms with Crippen LogP contribution < -0.4 is 24.8 Å². The molecule has 0 saturated heterocycles. The third kappa shape index (κ3) is 3.87. The molecule has 1 atom stereocenters. The fraction of sp³-hybridized carbons (Fsp3) is 0.333. The van der Waals surface area contributed by atoms with Crippen LogP contribution in [0.25, 0.3) is 17.2 Å². The molecular formula is C27H30Cl2Zr. The Hall–Kier alpha value is -0.877. The van der Waals surface area contributed by atoms with E-state index in [0.29, 0.717) is 6.75 Å². The van der Waals surface area contributed by atoms with E-state index in [9.17, 15) is 0 Å². The summed E-state index contributed by atoms with van der Waals surface area (Å²) in [7, 11) is 0. The molecule has 0 fully saturated rings. The summed E-state index contributed by atoms with van der Waals surface area (Å²) >= 11 is -0.800. The van der Waals surface area contributed by atoms with Crippen LogP contribution in [0.5, 0.6) is 0 Å². The van der Waals surface area contributed by atoms with E-state index in [1.54, 1.807) is 33.4 Å². The first kappa shape index (κ1) is 25.4. The molecule has 0 aromatic heterocycles. The predicted molar refractivity (Wildman–Crippen MR) is 118 cm³/mol. The quantitative estimate of drug-likeness (QED) is 0.585. The van der Waals surface area contributed by atoms with Crippen molar-refractivity contribution in [2.24, 2.45) is 0 Å². The van der Waals surface area contributed by atoms with Crippen molar-refractivity contribution in [3.05, 3.63) is 87.5 Å².